The fraction of sp³-hybridized carbons (Fsp3) is 0.0455. The molecule has 7 nitrogen and oxygen atoms in total. The molecular weight excluding hydrogens is 372 g/mol. The predicted molar refractivity (Wildman–Crippen MR) is 108 cm³/mol. The molecule has 0 saturated carbocycles. The lowest BCUT2D eigenvalue weighted by Crippen LogP contribution is -2.17. The minimum Gasteiger partial charge on any atom is -0.508 e. The van der Waals surface area contributed by atoms with Crippen LogP contribution in [0, 0.1) is 0 Å². The molecule has 0 spiro atoms. The molecule has 29 heavy (non-hydrogen) atoms. The maximum atomic E-state index is 12.1. The van der Waals surface area contributed by atoms with Gasteiger partial charge in [-0.25, -0.2) is 10.2 Å². The molecule has 0 aromatic heterocycles. The van der Waals surface area contributed by atoms with Crippen LogP contribution in [0.3, 0.4) is 0 Å². The largest absolute Gasteiger partial charge is 0.508 e. The second-order valence-corrected chi connectivity index (χ2v) is 5.94. The molecule has 0 saturated heterocycles. The average Bonchev–Trinajstić information content (AvgIpc) is 2.75. The van der Waals surface area contributed by atoms with Crippen LogP contribution >= 0.6 is 0 Å². The number of phenols is 1. The van der Waals surface area contributed by atoms with E-state index in [0.717, 1.165) is 0 Å². The Kier molecular flexibility index (Phi) is 6.22. The summed E-state index contributed by atoms with van der Waals surface area (Å²) in [5, 5.41) is 13.3. The van der Waals surface area contributed by atoms with E-state index in [1.54, 1.807) is 67.8 Å². The van der Waals surface area contributed by atoms with E-state index in [1.807, 2.05) is 0 Å². The average molecular weight is 390 g/mol. The first-order valence-corrected chi connectivity index (χ1v) is 8.64. The van der Waals surface area contributed by atoms with Crippen molar-refractivity contribution in [3.05, 3.63) is 89.5 Å². The van der Waals surface area contributed by atoms with Crippen molar-refractivity contribution in [3.8, 4) is 17.2 Å². The van der Waals surface area contributed by atoms with E-state index in [1.165, 1.54) is 18.3 Å². The molecule has 0 unspecified atom stereocenters. The highest BCUT2D eigenvalue weighted by molar-refractivity contribution is 5.95. The summed E-state index contributed by atoms with van der Waals surface area (Å²) in [5.41, 5.74) is 3.78. The summed E-state index contributed by atoms with van der Waals surface area (Å²) in [4.78, 5) is 24.1. The first kappa shape index (κ1) is 19.6. The van der Waals surface area contributed by atoms with Gasteiger partial charge in [0.15, 0.2) is 0 Å². The van der Waals surface area contributed by atoms with E-state index < -0.39 is 11.9 Å². The lowest BCUT2D eigenvalue weighted by atomic mass is 10.2. The molecule has 3 aromatic carbocycles. The van der Waals surface area contributed by atoms with Gasteiger partial charge in [0.1, 0.15) is 17.2 Å². The molecule has 3 aromatic rings. The van der Waals surface area contributed by atoms with Crippen molar-refractivity contribution < 1.29 is 24.2 Å². The van der Waals surface area contributed by atoms with Gasteiger partial charge in [-0.05, 0) is 72.3 Å². The van der Waals surface area contributed by atoms with Crippen molar-refractivity contribution in [2.45, 2.75) is 0 Å². The number of methoxy groups -OCH3 is 1. The minimum atomic E-state index is -0.479. The Bertz CT molecular complexity index is 1030. The standard InChI is InChI=1S/C22H18N2O5/c1-28-19-11-7-16(8-12-19)22(27)29-20-9-5-15(6-10-20)14-23-24-21(26)17-3-2-4-18(25)13-17/h2-14,25H,1H3,(H,24,26)/b23-14-. The van der Waals surface area contributed by atoms with Crippen LogP contribution in [0.4, 0.5) is 0 Å². The van der Waals surface area contributed by atoms with Gasteiger partial charge in [0, 0.05) is 5.56 Å². The molecule has 1 amide bonds. The Labute approximate surface area is 167 Å². The number of hydrogen-bond donors (Lipinski definition) is 2. The number of phenolic OH excluding ortho intramolecular Hbond substituents is 1. The van der Waals surface area contributed by atoms with Gasteiger partial charge in [0.25, 0.3) is 5.91 Å². The van der Waals surface area contributed by atoms with Gasteiger partial charge < -0.3 is 14.6 Å². The second-order valence-electron chi connectivity index (χ2n) is 5.94. The summed E-state index contributed by atoms with van der Waals surface area (Å²) >= 11 is 0. The van der Waals surface area contributed by atoms with Crippen LogP contribution in [-0.4, -0.2) is 30.3 Å². The first-order chi connectivity index (χ1) is 14.0. The molecule has 0 fully saturated rings. The molecule has 0 aliphatic rings. The maximum Gasteiger partial charge on any atom is 0.343 e. The Morgan fingerprint density at radius 3 is 2.28 bits per heavy atom. The number of nitrogens with one attached hydrogen (secondary N) is 1. The highest BCUT2D eigenvalue weighted by Crippen LogP contribution is 2.16. The number of hydrogen-bond acceptors (Lipinski definition) is 6. The van der Waals surface area contributed by atoms with Gasteiger partial charge in [0.05, 0.1) is 18.9 Å². The van der Waals surface area contributed by atoms with Crippen LogP contribution in [0.2, 0.25) is 0 Å². The molecule has 0 heterocycles. The Morgan fingerprint density at radius 1 is 0.931 bits per heavy atom. The molecule has 3 rings (SSSR count). The summed E-state index contributed by atoms with van der Waals surface area (Å²) < 4.78 is 10.4. The number of carbonyl (C=O) groups excluding carboxylic acids is 2. The number of ether oxygens (including phenoxy) is 2. The smallest absolute Gasteiger partial charge is 0.343 e. The van der Waals surface area contributed by atoms with E-state index >= 15 is 0 Å². The van der Waals surface area contributed by atoms with Gasteiger partial charge in [-0.2, -0.15) is 5.10 Å². The number of esters is 1. The van der Waals surface area contributed by atoms with Gasteiger partial charge in [0.2, 0.25) is 0 Å². The fourth-order valence-electron chi connectivity index (χ4n) is 2.39. The van der Waals surface area contributed by atoms with Gasteiger partial charge >= 0.3 is 5.97 Å². The lowest BCUT2D eigenvalue weighted by Gasteiger charge is -2.05. The van der Waals surface area contributed by atoms with Crippen molar-refractivity contribution >= 4 is 18.1 Å². The van der Waals surface area contributed by atoms with E-state index in [9.17, 15) is 14.7 Å². The Morgan fingerprint density at radius 2 is 1.62 bits per heavy atom. The van der Waals surface area contributed by atoms with Crippen LogP contribution < -0.4 is 14.9 Å². The highest BCUT2D eigenvalue weighted by atomic mass is 16.5. The van der Waals surface area contributed by atoms with Gasteiger partial charge in [-0.3, -0.25) is 4.79 Å². The minimum absolute atomic E-state index is 0.00130. The van der Waals surface area contributed by atoms with Crippen molar-refractivity contribution in [1.29, 1.82) is 0 Å². The molecule has 146 valence electrons. The zero-order valence-corrected chi connectivity index (χ0v) is 15.5. The number of amides is 1. The topological polar surface area (TPSA) is 97.2 Å². The predicted octanol–water partition coefficient (Wildman–Crippen LogP) is 3.38. The Balaban J connectivity index is 1.56. The second kappa shape index (κ2) is 9.18. The molecule has 0 bridgehead atoms. The van der Waals surface area contributed by atoms with Crippen LogP contribution in [0.25, 0.3) is 0 Å². The quantitative estimate of drug-likeness (QED) is 0.291. The van der Waals surface area contributed by atoms with Crippen molar-refractivity contribution in [3.63, 3.8) is 0 Å². The molecule has 0 aliphatic carbocycles. The number of benzene rings is 3. The Hall–Kier alpha value is -4.13. The fourth-order valence-corrected chi connectivity index (χ4v) is 2.39. The molecule has 2 N–H and O–H groups in total. The zero-order valence-electron chi connectivity index (χ0n) is 15.5. The maximum absolute atomic E-state index is 12.1. The SMILES string of the molecule is COc1ccc(C(=O)Oc2ccc(/C=N\NC(=O)c3cccc(O)c3)cc2)cc1. The van der Waals surface area contributed by atoms with Crippen molar-refractivity contribution in [2.24, 2.45) is 5.10 Å². The van der Waals surface area contributed by atoms with E-state index in [4.69, 9.17) is 9.47 Å². The van der Waals surface area contributed by atoms with Crippen molar-refractivity contribution in [2.75, 3.05) is 7.11 Å². The third-order valence-corrected chi connectivity index (χ3v) is 3.90. The highest BCUT2D eigenvalue weighted by Gasteiger charge is 2.09. The normalized spacial score (nSPS) is 10.5. The van der Waals surface area contributed by atoms with E-state index in [2.05, 4.69) is 10.5 Å². The monoisotopic (exact) mass is 390 g/mol. The third-order valence-electron chi connectivity index (χ3n) is 3.90. The number of carbonyl (C=O) groups is 2. The summed E-state index contributed by atoms with van der Waals surface area (Å²) in [6.07, 6.45) is 1.45. The van der Waals surface area contributed by atoms with Gasteiger partial charge in [-0.15, -0.1) is 0 Å². The van der Waals surface area contributed by atoms with Crippen molar-refractivity contribution in [1.82, 2.24) is 5.43 Å². The number of nitrogens with zero attached hydrogens (tertiary/aromatic N) is 1. The molecular formula is C22H18N2O5. The zero-order chi connectivity index (χ0) is 20.6. The van der Waals surface area contributed by atoms with E-state index in [-0.39, 0.29) is 5.75 Å². The summed E-state index contributed by atoms with van der Waals surface area (Å²) in [6, 6.07) is 19.2. The van der Waals surface area contributed by atoms with Crippen LogP contribution in [0.15, 0.2) is 77.9 Å². The van der Waals surface area contributed by atoms with E-state index in [0.29, 0.717) is 28.2 Å². The molecule has 0 atom stereocenters. The van der Waals surface area contributed by atoms with Crippen LogP contribution in [0.1, 0.15) is 26.3 Å². The first-order valence-electron chi connectivity index (χ1n) is 8.64. The van der Waals surface area contributed by atoms with Gasteiger partial charge in [-0.1, -0.05) is 6.07 Å². The number of rotatable bonds is 6. The summed E-state index contributed by atoms with van der Waals surface area (Å²) in [6.45, 7) is 0. The lowest BCUT2D eigenvalue weighted by molar-refractivity contribution is 0.0734. The number of hydrazone groups is 1. The van der Waals surface area contributed by atoms with Crippen LogP contribution in [-0.2, 0) is 0 Å². The summed E-state index contributed by atoms with van der Waals surface area (Å²) in [7, 11) is 1.55. The van der Waals surface area contributed by atoms with Crippen LogP contribution in [0.5, 0.6) is 17.2 Å². The number of aromatic hydroxyl groups is 1. The third kappa shape index (κ3) is 5.43. The molecule has 7 heteroatoms. The summed E-state index contributed by atoms with van der Waals surface area (Å²) in [5.74, 6) is 0.115. The molecule has 0 aliphatic heterocycles. The molecule has 0 radical (unpaired) electrons.